The molecule has 0 aliphatic carbocycles. The number of carbonyl (C=O) groups excluding carboxylic acids is 2. The Kier molecular flexibility index (Phi) is 4.49. The van der Waals surface area contributed by atoms with E-state index < -0.39 is 23.5 Å². The summed E-state index contributed by atoms with van der Waals surface area (Å²) in [5.41, 5.74) is 0.478. The minimum Gasteiger partial charge on any atom is -0.503 e. The molecule has 0 fully saturated rings. The number of amides is 1. The highest BCUT2D eigenvalue weighted by atomic mass is 35.5. The molecular weight excluding hydrogens is 426 g/mol. The summed E-state index contributed by atoms with van der Waals surface area (Å²) in [6, 6.07) is 12.9. The lowest BCUT2D eigenvalue weighted by molar-refractivity contribution is -0.130. The Balaban J connectivity index is 1.58. The molecule has 0 saturated heterocycles. The second-order valence-corrected chi connectivity index (χ2v) is 8.23. The molecule has 5 rings (SSSR count). The number of halogens is 1. The number of benzene rings is 1. The summed E-state index contributed by atoms with van der Waals surface area (Å²) >= 11 is 7.41. The Morgan fingerprint density at radius 3 is 2.80 bits per heavy atom. The van der Waals surface area contributed by atoms with Crippen LogP contribution in [0, 0.1) is 0 Å². The van der Waals surface area contributed by atoms with Gasteiger partial charge in [0.1, 0.15) is 17.4 Å². The van der Waals surface area contributed by atoms with Gasteiger partial charge in [-0.1, -0.05) is 17.7 Å². The zero-order chi connectivity index (χ0) is 20.8. The molecule has 0 spiro atoms. The second kappa shape index (κ2) is 7.19. The van der Waals surface area contributed by atoms with E-state index in [1.807, 2.05) is 17.5 Å². The summed E-state index contributed by atoms with van der Waals surface area (Å²) in [6.07, 6.45) is 1.51. The number of furan rings is 2. The number of fused-ring (bicyclic) bond motifs is 1. The van der Waals surface area contributed by atoms with E-state index >= 15 is 0 Å². The van der Waals surface area contributed by atoms with E-state index in [9.17, 15) is 14.7 Å². The fourth-order valence-corrected chi connectivity index (χ4v) is 4.65. The highest BCUT2D eigenvalue weighted by molar-refractivity contribution is 7.10. The maximum absolute atomic E-state index is 13.4. The number of carbonyl (C=O) groups is 2. The number of Topliss-reactive ketones (excluding diaryl/α,β-unsaturated/α-hetero) is 1. The first-order valence-electron chi connectivity index (χ1n) is 9.06. The van der Waals surface area contributed by atoms with Gasteiger partial charge in [0.15, 0.2) is 11.5 Å². The molecule has 4 aromatic rings. The number of ketones is 1. The molecule has 3 aromatic heterocycles. The standard InChI is InChI=1S/C22H14ClNO5S/c23-13-5-6-15-12(9-13)10-16(29-15)20(25)18-19(17-4-2-8-30-17)24(22(27)21(18)26)11-14-3-1-7-28-14/h1-10,19,26H,11H2. The van der Waals surface area contributed by atoms with Gasteiger partial charge in [0.25, 0.3) is 5.91 Å². The first-order chi connectivity index (χ1) is 14.5. The summed E-state index contributed by atoms with van der Waals surface area (Å²) < 4.78 is 11.1. The average molecular weight is 440 g/mol. The summed E-state index contributed by atoms with van der Waals surface area (Å²) in [6.45, 7) is 0.116. The molecule has 150 valence electrons. The van der Waals surface area contributed by atoms with Crippen LogP contribution >= 0.6 is 22.9 Å². The van der Waals surface area contributed by atoms with Crippen LogP contribution in [0.1, 0.15) is 27.2 Å². The third-order valence-electron chi connectivity index (χ3n) is 4.97. The summed E-state index contributed by atoms with van der Waals surface area (Å²) in [5.74, 6) is -1.18. The van der Waals surface area contributed by atoms with Gasteiger partial charge in [0.05, 0.1) is 18.4 Å². The van der Waals surface area contributed by atoms with Gasteiger partial charge in [-0.2, -0.15) is 0 Å². The summed E-state index contributed by atoms with van der Waals surface area (Å²) in [7, 11) is 0. The minimum atomic E-state index is -0.744. The molecule has 6 nitrogen and oxygen atoms in total. The normalized spacial score (nSPS) is 16.8. The average Bonchev–Trinajstić information content (AvgIpc) is 3.52. The van der Waals surface area contributed by atoms with Gasteiger partial charge in [0.2, 0.25) is 5.78 Å². The molecule has 1 unspecified atom stereocenters. The largest absolute Gasteiger partial charge is 0.503 e. The van der Waals surface area contributed by atoms with Gasteiger partial charge in [-0.15, -0.1) is 11.3 Å². The van der Waals surface area contributed by atoms with Gasteiger partial charge in [0, 0.05) is 15.3 Å². The summed E-state index contributed by atoms with van der Waals surface area (Å²) in [4.78, 5) is 28.4. The van der Waals surface area contributed by atoms with Crippen molar-refractivity contribution in [2.45, 2.75) is 12.6 Å². The Hall–Kier alpha value is -3.29. The van der Waals surface area contributed by atoms with Crippen LogP contribution in [-0.4, -0.2) is 21.7 Å². The number of hydrogen-bond donors (Lipinski definition) is 1. The van der Waals surface area contributed by atoms with Crippen LogP contribution in [-0.2, 0) is 11.3 Å². The van der Waals surface area contributed by atoms with Crippen molar-refractivity contribution >= 4 is 45.6 Å². The summed E-state index contributed by atoms with van der Waals surface area (Å²) in [5, 5.41) is 13.7. The quantitative estimate of drug-likeness (QED) is 0.414. The van der Waals surface area contributed by atoms with Crippen molar-refractivity contribution in [1.82, 2.24) is 4.90 Å². The zero-order valence-electron chi connectivity index (χ0n) is 15.4. The van der Waals surface area contributed by atoms with Gasteiger partial charge in [-0.3, -0.25) is 9.59 Å². The van der Waals surface area contributed by atoms with Gasteiger partial charge in [-0.05, 0) is 47.8 Å². The first kappa shape index (κ1) is 18.7. The number of rotatable bonds is 5. The van der Waals surface area contributed by atoms with Crippen molar-refractivity contribution in [3.63, 3.8) is 0 Å². The van der Waals surface area contributed by atoms with Crippen LogP contribution < -0.4 is 0 Å². The van der Waals surface area contributed by atoms with E-state index in [2.05, 4.69) is 0 Å². The fraction of sp³-hybridized carbons (Fsp3) is 0.0909. The smallest absolute Gasteiger partial charge is 0.290 e. The Morgan fingerprint density at radius 2 is 2.07 bits per heavy atom. The lowest BCUT2D eigenvalue weighted by Gasteiger charge is -2.24. The van der Waals surface area contributed by atoms with Crippen LogP contribution in [0.3, 0.4) is 0 Å². The fourth-order valence-electron chi connectivity index (χ4n) is 3.62. The van der Waals surface area contributed by atoms with Crippen molar-refractivity contribution in [1.29, 1.82) is 0 Å². The molecule has 4 heterocycles. The predicted octanol–water partition coefficient (Wildman–Crippen LogP) is 5.52. The number of aliphatic hydroxyl groups excluding tert-OH is 1. The maximum Gasteiger partial charge on any atom is 0.290 e. The number of aliphatic hydroxyl groups is 1. The number of nitrogens with zero attached hydrogens (tertiary/aromatic N) is 1. The van der Waals surface area contributed by atoms with Gasteiger partial charge >= 0.3 is 0 Å². The van der Waals surface area contributed by atoms with Crippen molar-refractivity contribution in [3.8, 4) is 0 Å². The maximum atomic E-state index is 13.4. The lowest BCUT2D eigenvalue weighted by atomic mass is 10.00. The Morgan fingerprint density at radius 1 is 1.20 bits per heavy atom. The minimum absolute atomic E-state index is 0.0147. The highest BCUT2D eigenvalue weighted by Gasteiger charge is 2.45. The monoisotopic (exact) mass is 439 g/mol. The van der Waals surface area contributed by atoms with E-state index in [0.717, 1.165) is 4.88 Å². The van der Waals surface area contributed by atoms with Crippen molar-refractivity contribution in [3.05, 3.63) is 92.9 Å². The van der Waals surface area contributed by atoms with Crippen LogP contribution in [0.4, 0.5) is 0 Å². The molecule has 0 bridgehead atoms. The molecule has 30 heavy (non-hydrogen) atoms. The lowest BCUT2D eigenvalue weighted by Crippen LogP contribution is -2.30. The van der Waals surface area contributed by atoms with Gasteiger partial charge < -0.3 is 18.8 Å². The molecule has 1 aliphatic heterocycles. The molecule has 0 radical (unpaired) electrons. The molecule has 1 N–H and O–H groups in total. The third kappa shape index (κ3) is 3.03. The Bertz CT molecular complexity index is 1290. The van der Waals surface area contributed by atoms with E-state index in [-0.39, 0.29) is 17.9 Å². The van der Waals surface area contributed by atoms with Crippen molar-refractivity contribution < 1.29 is 23.5 Å². The molecule has 1 amide bonds. The van der Waals surface area contributed by atoms with Gasteiger partial charge in [-0.25, -0.2) is 0 Å². The first-order valence-corrected chi connectivity index (χ1v) is 10.3. The van der Waals surface area contributed by atoms with Crippen molar-refractivity contribution in [2.75, 3.05) is 0 Å². The molecule has 1 atom stereocenters. The van der Waals surface area contributed by atoms with Crippen LogP contribution in [0.15, 0.2) is 80.3 Å². The van der Waals surface area contributed by atoms with E-state index in [4.69, 9.17) is 20.4 Å². The second-order valence-electron chi connectivity index (χ2n) is 6.81. The van der Waals surface area contributed by atoms with E-state index in [1.54, 1.807) is 36.4 Å². The SMILES string of the molecule is O=C(C1=C(O)C(=O)N(Cc2ccco2)C1c1cccs1)c1cc2cc(Cl)ccc2o1. The Labute approximate surface area is 179 Å². The molecule has 8 heteroatoms. The topological polar surface area (TPSA) is 83.9 Å². The van der Waals surface area contributed by atoms with Crippen molar-refractivity contribution in [2.24, 2.45) is 0 Å². The van der Waals surface area contributed by atoms with E-state index in [0.29, 0.717) is 21.8 Å². The molecule has 0 saturated carbocycles. The third-order valence-corrected chi connectivity index (χ3v) is 6.13. The van der Waals surface area contributed by atoms with Crippen LogP contribution in [0.5, 0.6) is 0 Å². The number of hydrogen-bond acceptors (Lipinski definition) is 6. The highest BCUT2D eigenvalue weighted by Crippen LogP contribution is 2.42. The van der Waals surface area contributed by atoms with E-state index in [1.165, 1.54) is 22.5 Å². The predicted molar refractivity (Wildman–Crippen MR) is 112 cm³/mol. The van der Waals surface area contributed by atoms with Crippen LogP contribution in [0.25, 0.3) is 11.0 Å². The molecular formula is C22H14ClNO5S. The molecule has 1 aliphatic rings. The zero-order valence-corrected chi connectivity index (χ0v) is 16.9. The molecule has 1 aromatic carbocycles. The number of thiophene rings is 1. The van der Waals surface area contributed by atoms with Crippen LogP contribution in [0.2, 0.25) is 5.02 Å².